The number of rotatable bonds is 7. The maximum Gasteiger partial charge on any atom is 0.267 e. The van der Waals surface area contributed by atoms with Crippen LogP contribution >= 0.6 is 22.9 Å². The van der Waals surface area contributed by atoms with Gasteiger partial charge in [-0.05, 0) is 37.0 Å². The van der Waals surface area contributed by atoms with Crippen molar-refractivity contribution in [3.63, 3.8) is 0 Å². The highest BCUT2D eigenvalue weighted by Crippen LogP contribution is 2.28. The Bertz CT molecular complexity index is 1140. The Kier molecular flexibility index (Phi) is 6.57. The van der Waals surface area contributed by atoms with Crippen LogP contribution in [0.2, 0.25) is 5.02 Å². The molecule has 1 atom stereocenters. The molecule has 1 aliphatic rings. The Balaban J connectivity index is 1.34. The van der Waals surface area contributed by atoms with Gasteiger partial charge in [-0.2, -0.15) is 5.10 Å². The number of likely N-dealkylation sites (tertiary alicyclic amines) is 1. The summed E-state index contributed by atoms with van der Waals surface area (Å²) in [6, 6.07) is 7.32. The van der Waals surface area contributed by atoms with Crippen LogP contribution in [0.1, 0.15) is 21.7 Å². The van der Waals surface area contributed by atoms with E-state index in [2.05, 4.69) is 27.3 Å². The fourth-order valence-electron chi connectivity index (χ4n) is 3.62. The van der Waals surface area contributed by atoms with Gasteiger partial charge in [-0.3, -0.25) is 14.3 Å². The summed E-state index contributed by atoms with van der Waals surface area (Å²) in [5.41, 5.74) is 1.49. The van der Waals surface area contributed by atoms with E-state index < -0.39 is 0 Å². The molecule has 3 aromatic rings. The maximum atomic E-state index is 12.6. The topological polar surface area (TPSA) is 92.2 Å². The SMILES string of the molecule is C=CC(=O)N1CCC(Cn2ccc(Nc3ncc(C(=O)Nc4c(C)cccc4Cl)s3)n2)C1. The third-order valence-electron chi connectivity index (χ3n) is 5.28. The zero-order valence-corrected chi connectivity index (χ0v) is 19.1. The fourth-order valence-corrected chi connectivity index (χ4v) is 4.60. The summed E-state index contributed by atoms with van der Waals surface area (Å²) in [5, 5.41) is 11.6. The zero-order chi connectivity index (χ0) is 22.7. The van der Waals surface area contributed by atoms with Crippen LogP contribution in [-0.2, 0) is 11.3 Å². The van der Waals surface area contributed by atoms with Crippen LogP contribution in [0.4, 0.5) is 16.6 Å². The standard InChI is InChI=1S/C22H23ClN6O2S/c1-3-19(30)28-9-7-15(12-28)13-29-10-8-18(27-29)25-22-24-11-17(32-22)21(31)26-20-14(2)5-4-6-16(20)23/h3-6,8,10-11,15H,1,7,9,12-13H2,2H3,(H,26,31)(H,24,25,27). The van der Waals surface area contributed by atoms with Gasteiger partial charge in [0.05, 0.1) is 16.9 Å². The molecular formula is C22H23ClN6O2S. The van der Waals surface area contributed by atoms with Crippen molar-refractivity contribution in [3.8, 4) is 0 Å². The Morgan fingerprint density at radius 3 is 3.00 bits per heavy atom. The lowest BCUT2D eigenvalue weighted by molar-refractivity contribution is -0.125. The third kappa shape index (κ3) is 5.00. The second kappa shape index (κ2) is 9.54. The summed E-state index contributed by atoms with van der Waals surface area (Å²) >= 11 is 7.43. The summed E-state index contributed by atoms with van der Waals surface area (Å²) in [6.07, 6.45) is 5.71. The summed E-state index contributed by atoms with van der Waals surface area (Å²) in [7, 11) is 0. The van der Waals surface area contributed by atoms with Gasteiger partial charge in [0.2, 0.25) is 5.91 Å². The van der Waals surface area contributed by atoms with Crippen LogP contribution in [0, 0.1) is 12.8 Å². The molecule has 1 saturated heterocycles. The molecule has 2 aromatic heterocycles. The Hall–Kier alpha value is -3.17. The first-order valence-corrected chi connectivity index (χ1v) is 11.4. The van der Waals surface area contributed by atoms with Crippen molar-refractivity contribution in [2.75, 3.05) is 23.7 Å². The van der Waals surface area contributed by atoms with E-state index in [1.165, 1.54) is 23.6 Å². The highest BCUT2D eigenvalue weighted by atomic mass is 35.5. The van der Waals surface area contributed by atoms with Crippen molar-refractivity contribution >= 4 is 51.4 Å². The number of nitrogens with zero attached hydrogens (tertiary/aromatic N) is 4. The number of halogens is 1. The molecule has 8 nitrogen and oxygen atoms in total. The van der Waals surface area contributed by atoms with E-state index in [4.69, 9.17) is 11.6 Å². The van der Waals surface area contributed by atoms with E-state index in [1.807, 2.05) is 40.9 Å². The van der Waals surface area contributed by atoms with Gasteiger partial charge in [0.15, 0.2) is 10.9 Å². The Labute approximate surface area is 194 Å². The summed E-state index contributed by atoms with van der Waals surface area (Å²) in [4.78, 5) is 30.9. The number of carbonyl (C=O) groups excluding carboxylic acids is 2. The maximum absolute atomic E-state index is 12.6. The van der Waals surface area contributed by atoms with Crippen molar-refractivity contribution in [2.24, 2.45) is 5.92 Å². The monoisotopic (exact) mass is 470 g/mol. The van der Waals surface area contributed by atoms with E-state index in [0.29, 0.717) is 39.0 Å². The predicted octanol–water partition coefficient (Wildman–Crippen LogP) is 4.33. The number of thiazole rings is 1. The lowest BCUT2D eigenvalue weighted by atomic mass is 10.1. The molecule has 4 rings (SSSR count). The van der Waals surface area contributed by atoms with E-state index in [1.54, 1.807) is 6.07 Å². The van der Waals surface area contributed by atoms with Crippen molar-refractivity contribution in [3.05, 3.63) is 64.8 Å². The number of para-hydroxylation sites is 1. The molecule has 10 heteroatoms. The number of benzene rings is 1. The van der Waals surface area contributed by atoms with E-state index >= 15 is 0 Å². The number of amides is 2. The minimum absolute atomic E-state index is 0.0244. The van der Waals surface area contributed by atoms with Gasteiger partial charge < -0.3 is 15.5 Å². The molecular weight excluding hydrogens is 448 g/mol. The highest BCUT2D eigenvalue weighted by molar-refractivity contribution is 7.17. The number of aryl methyl sites for hydroxylation is 1. The van der Waals surface area contributed by atoms with Crippen molar-refractivity contribution in [1.29, 1.82) is 0 Å². The number of nitrogens with one attached hydrogen (secondary N) is 2. The molecule has 0 spiro atoms. The van der Waals surface area contributed by atoms with Crippen LogP contribution in [0.5, 0.6) is 0 Å². The molecule has 1 aromatic carbocycles. The second-order valence-corrected chi connectivity index (χ2v) is 9.04. The van der Waals surface area contributed by atoms with Crippen LogP contribution in [0.25, 0.3) is 0 Å². The van der Waals surface area contributed by atoms with Crippen molar-refractivity contribution < 1.29 is 9.59 Å². The summed E-state index contributed by atoms with van der Waals surface area (Å²) < 4.78 is 1.86. The molecule has 2 amide bonds. The lowest BCUT2D eigenvalue weighted by Gasteiger charge is -2.14. The minimum Gasteiger partial charge on any atom is -0.339 e. The van der Waals surface area contributed by atoms with Gasteiger partial charge in [-0.25, -0.2) is 4.98 Å². The molecule has 3 heterocycles. The number of carbonyl (C=O) groups is 2. The summed E-state index contributed by atoms with van der Waals surface area (Å²) in [6.45, 7) is 7.62. The second-order valence-electron chi connectivity index (χ2n) is 7.61. The first-order valence-electron chi connectivity index (χ1n) is 10.2. The van der Waals surface area contributed by atoms with E-state index in [0.717, 1.165) is 25.1 Å². The van der Waals surface area contributed by atoms with Crippen LogP contribution in [-0.4, -0.2) is 44.6 Å². The largest absolute Gasteiger partial charge is 0.339 e. The molecule has 1 aliphatic heterocycles. The molecule has 0 aliphatic carbocycles. The van der Waals surface area contributed by atoms with Gasteiger partial charge in [-0.1, -0.05) is 41.6 Å². The molecule has 0 radical (unpaired) electrons. The minimum atomic E-state index is -0.267. The Morgan fingerprint density at radius 2 is 2.22 bits per heavy atom. The molecule has 0 saturated carbocycles. The lowest BCUT2D eigenvalue weighted by Crippen LogP contribution is -2.27. The van der Waals surface area contributed by atoms with Gasteiger partial charge in [0.1, 0.15) is 4.88 Å². The molecule has 1 fully saturated rings. The highest BCUT2D eigenvalue weighted by Gasteiger charge is 2.25. The number of hydrogen-bond acceptors (Lipinski definition) is 6. The molecule has 2 N–H and O–H groups in total. The van der Waals surface area contributed by atoms with Crippen LogP contribution < -0.4 is 10.6 Å². The average Bonchev–Trinajstić information content (AvgIpc) is 3.52. The number of aromatic nitrogens is 3. The van der Waals surface area contributed by atoms with Gasteiger partial charge in [0, 0.05) is 31.9 Å². The molecule has 1 unspecified atom stereocenters. The predicted molar refractivity (Wildman–Crippen MR) is 127 cm³/mol. The molecule has 166 valence electrons. The molecule has 32 heavy (non-hydrogen) atoms. The van der Waals surface area contributed by atoms with E-state index in [-0.39, 0.29) is 11.8 Å². The van der Waals surface area contributed by atoms with Crippen LogP contribution in [0.15, 0.2) is 49.3 Å². The molecule has 0 bridgehead atoms. The van der Waals surface area contributed by atoms with Gasteiger partial charge in [0.25, 0.3) is 5.91 Å². The van der Waals surface area contributed by atoms with Gasteiger partial charge >= 0.3 is 0 Å². The first-order chi connectivity index (χ1) is 15.4. The van der Waals surface area contributed by atoms with Gasteiger partial charge in [-0.15, -0.1) is 0 Å². The van der Waals surface area contributed by atoms with Crippen LogP contribution in [0.3, 0.4) is 0 Å². The number of hydrogen-bond donors (Lipinski definition) is 2. The smallest absolute Gasteiger partial charge is 0.267 e. The van der Waals surface area contributed by atoms with E-state index in [9.17, 15) is 9.59 Å². The average molecular weight is 471 g/mol. The number of anilines is 3. The Morgan fingerprint density at radius 1 is 1.38 bits per heavy atom. The zero-order valence-electron chi connectivity index (χ0n) is 17.5. The third-order valence-corrected chi connectivity index (χ3v) is 6.51. The van der Waals surface area contributed by atoms with Crippen molar-refractivity contribution in [1.82, 2.24) is 19.7 Å². The fraction of sp³-hybridized carbons (Fsp3) is 0.273. The quantitative estimate of drug-likeness (QED) is 0.501. The normalized spacial score (nSPS) is 15.6. The first kappa shape index (κ1) is 22.0. The summed E-state index contributed by atoms with van der Waals surface area (Å²) in [5.74, 6) is 0.709. The van der Waals surface area contributed by atoms with Crippen molar-refractivity contribution in [2.45, 2.75) is 19.9 Å².